The molecule has 0 bridgehead atoms. The number of ketones is 1. The van der Waals surface area contributed by atoms with Gasteiger partial charge < -0.3 is 10.5 Å². The highest BCUT2D eigenvalue weighted by molar-refractivity contribution is 7.91. The minimum Gasteiger partial charge on any atom is -0.495 e. The number of carbonyl (C=O) groups is 1. The molecule has 2 aromatic heterocycles. The Balaban J connectivity index is 1.54. The van der Waals surface area contributed by atoms with E-state index in [-0.39, 0.29) is 42.4 Å². The maximum absolute atomic E-state index is 15.6. The van der Waals surface area contributed by atoms with Gasteiger partial charge in [-0.25, -0.2) is 27.1 Å². The summed E-state index contributed by atoms with van der Waals surface area (Å²) in [4.78, 5) is 27.9. The molecular formula is C28H31FN6O4S. The maximum Gasteiger partial charge on any atom is 0.247 e. The molecule has 0 amide bonds. The molecule has 1 saturated heterocycles. The van der Waals surface area contributed by atoms with Crippen LogP contribution in [0.1, 0.15) is 40.5 Å². The zero-order chi connectivity index (χ0) is 28.7. The molecule has 12 heteroatoms. The van der Waals surface area contributed by atoms with Gasteiger partial charge in [0, 0.05) is 51.1 Å². The van der Waals surface area contributed by atoms with E-state index in [1.165, 1.54) is 38.6 Å². The molecular weight excluding hydrogens is 535 g/mol. The number of benzene rings is 1. The molecule has 0 saturated carbocycles. The summed E-state index contributed by atoms with van der Waals surface area (Å²) in [5.74, 6) is -0.598. The number of nitrogens with two attached hydrogens (primary N) is 1. The number of Topliss-reactive ketones (excluding diaryl/α,β-unsaturated/α-hetero) is 1. The van der Waals surface area contributed by atoms with E-state index in [0.29, 0.717) is 24.4 Å². The lowest BCUT2D eigenvalue weighted by atomic mass is 9.77. The van der Waals surface area contributed by atoms with Gasteiger partial charge in [-0.3, -0.25) is 14.7 Å². The molecule has 1 aromatic carbocycles. The number of pyridine rings is 2. The molecule has 0 radical (unpaired) electrons. The van der Waals surface area contributed by atoms with Gasteiger partial charge in [0.1, 0.15) is 27.5 Å². The van der Waals surface area contributed by atoms with Crippen molar-refractivity contribution in [1.82, 2.24) is 19.2 Å². The molecule has 3 aromatic rings. The number of carbonyl (C=O) groups excluding carboxylic acids is 1. The van der Waals surface area contributed by atoms with Gasteiger partial charge in [-0.15, -0.1) is 0 Å². The van der Waals surface area contributed by atoms with Crippen LogP contribution in [-0.4, -0.2) is 71.3 Å². The molecule has 1 spiro atoms. The van der Waals surface area contributed by atoms with Crippen LogP contribution in [0, 0.1) is 5.82 Å². The molecule has 5 rings (SSSR count). The summed E-state index contributed by atoms with van der Waals surface area (Å²) in [6, 6.07) is 11.2. The minimum absolute atomic E-state index is 0.0608. The molecule has 10 nitrogen and oxygen atoms in total. The molecule has 1 fully saturated rings. The van der Waals surface area contributed by atoms with Crippen LogP contribution in [0.3, 0.4) is 0 Å². The molecule has 2 N–H and O–H groups in total. The van der Waals surface area contributed by atoms with Crippen LogP contribution >= 0.6 is 0 Å². The third-order valence-corrected chi connectivity index (χ3v) is 10.6. The van der Waals surface area contributed by atoms with Crippen molar-refractivity contribution in [2.45, 2.75) is 36.6 Å². The monoisotopic (exact) mass is 566 g/mol. The second kappa shape index (κ2) is 10.3. The van der Waals surface area contributed by atoms with Gasteiger partial charge in [0.15, 0.2) is 5.78 Å². The molecule has 210 valence electrons. The summed E-state index contributed by atoms with van der Waals surface area (Å²) >= 11 is 0. The second-order valence-electron chi connectivity index (χ2n) is 10.3. The first-order valence-corrected chi connectivity index (χ1v) is 14.2. The van der Waals surface area contributed by atoms with Gasteiger partial charge in [0.05, 0.1) is 13.3 Å². The van der Waals surface area contributed by atoms with Gasteiger partial charge in [-0.1, -0.05) is 12.1 Å². The van der Waals surface area contributed by atoms with Crippen LogP contribution in [0.4, 0.5) is 4.39 Å². The van der Waals surface area contributed by atoms with E-state index in [2.05, 4.69) is 15.0 Å². The van der Waals surface area contributed by atoms with Crippen LogP contribution in [0.25, 0.3) is 0 Å². The maximum atomic E-state index is 15.6. The van der Waals surface area contributed by atoms with Crippen LogP contribution in [0.2, 0.25) is 0 Å². The predicted octanol–water partition coefficient (Wildman–Crippen LogP) is 2.50. The molecule has 0 unspecified atom stereocenters. The summed E-state index contributed by atoms with van der Waals surface area (Å²) in [6.45, 7) is 2.67. The zero-order valence-electron chi connectivity index (χ0n) is 22.5. The topological polar surface area (TPSA) is 131 Å². The van der Waals surface area contributed by atoms with Crippen molar-refractivity contribution in [3.05, 3.63) is 89.3 Å². The van der Waals surface area contributed by atoms with E-state index >= 15 is 4.39 Å². The minimum atomic E-state index is -4.07. The number of aliphatic imine (C=N–C) groups is 1. The Morgan fingerprint density at radius 3 is 2.65 bits per heavy atom. The van der Waals surface area contributed by atoms with Crippen LogP contribution in [0.5, 0.6) is 5.75 Å². The summed E-state index contributed by atoms with van der Waals surface area (Å²) in [5.41, 5.74) is 6.31. The number of methoxy groups -OCH3 is 1. The van der Waals surface area contributed by atoms with Gasteiger partial charge in [0.2, 0.25) is 16.0 Å². The number of aromatic nitrogens is 2. The average Bonchev–Trinajstić information content (AvgIpc) is 3.39. The lowest BCUT2D eigenvalue weighted by Gasteiger charge is -2.48. The van der Waals surface area contributed by atoms with Gasteiger partial charge in [-0.05, 0) is 54.8 Å². The number of guanidine groups is 1. The Bertz CT molecular complexity index is 1570. The van der Waals surface area contributed by atoms with E-state index < -0.39 is 26.1 Å². The smallest absolute Gasteiger partial charge is 0.247 e. The SMILES string of the molecule is COc1ccc(C(=O)Cc2ccc(F)c([C@@]3(C)N=C(N)N(C)S(=O)(=O)[C@@]34CCN(Cc3cccnc3)C4)c2)nc1. The first-order valence-electron chi connectivity index (χ1n) is 12.8. The van der Waals surface area contributed by atoms with Crippen LogP contribution < -0.4 is 10.5 Å². The summed E-state index contributed by atoms with van der Waals surface area (Å²) in [5, 5.41) is 0. The summed E-state index contributed by atoms with van der Waals surface area (Å²) in [6.07, 6.45) is 5.02. The number of halogens is 1. The van der Waals surface area contributed by atoms with Crippen molar-refractivity contribution >= 4 is 21.8 Å². The zero-order valence-corrected chi connectivity index (χ0v) is 23.4. The Kier molecular flexibility index (Phi) is 7.09. The quantitative estimate of drug-likeness (QED) is 0.432. The second-order valence-corrected chi connectivity index (χ2v) is 12.6. The standard InChI is InChI=1S/C28H31FN6O4S/c1-27(22-13-19(6-8-23(22)29)14-25(36)24-9-7-21(39-3)16-32-24)28(40(37,38)34(2)26(30)33-27)10-12-35(18-28)17-20-5-4-11-31-15-20/h4-9,11,13,15-16H,10,12,14,17-18H2,1-3H3,(H2,30,33)/t27-,28-/m1/s1. The van der Waals surface area contributed by atoms with Crippen molar-refractivity contribution in [3.8, 4) is 5.75 Å². The molecule has 2 atom stereocenters. The number of nitrogens with zero attached hydrogens (tertiary/aromatic N) is 5. The summed E-state index contributed by atoms with van der Waals surface area (Å²) < 4.78 is 48.4. The Morgan fingerprint density at radius 2 is 1.98 bits per heavy atom. The van der Waals surface area contributed by atoms with E-state index in [0.717, 1.165) is 9.87 Å². The first kappa shape index (κ1) is 27.7. The third-order valence-electron chi connectivity index (χ3n) is 8.02. The van der Waals surface area contributed by atoms with E-state index in [1.807, 2.05) is 17.0 Å². The van der Waals surface area contributed by atoms with E-state index in [4.69, 9.17) is 10.5 Å². The highest BCUT2D eigenvalue weighted by atomic mass is 32.2. The Hall–Kier alpha value is -3.90. The van der Waals surface area contributed by atoms with E-state index in [1.54, 1.807) is 31.5 Å². The summed E-state index contributed by atoms with van der Waals surface area (Å²) in [7, 11) is -1.19. The fourth-order valence-electron chi connectivity index (χ4n) is 5.69. The molecule has 0 aliphatic carbocycles. The van der Waals surface area contributed by atoms with Gasteiger partial charge in [-0.2, -0.15) is 0 Å². The number of ether oxygens (including phenoxy) is 1. The molecule has 4 heterocycles. The van der Waals surface area contributed by atoms with Crippen molar-refractivity contribution in [3.63, 3.8) is 0 Å². The number of hydrogen-bond donors (Lipinski definition) is 1. The normalized spacial score (nSPS) is 24.2. The third kappa shape index (κ3) is 4.50. The van der Waals surface area contributed by atoms with Crippen LogP contribution in [-0.2, 0) is 28.5 Å². The highest BCUT2D eigenvalue weighted by Gasteiger charge is 2.66. The number of hydrogen-bond acceptors (Lipinski definition) is 9. The van der Waals surface area contributed by atoms with Crippen molar-refractivity contribution in [2.24, 2.45) is 10.7 Å². The fraction of sp³-hybridized carbons (Fsp3) is 0.357. The van der Waals surface area contributed by atoms with Crippen molar-refractivity contribution < 1.29 is 22.3 Å². The molecule has 2 aliphatic rings. The average molecular weight is 567 g/mol. The number of likely N-dealkylation sites (tertiary alicyclic amines) is 1. The first-order chi connectivity index (χ1) is 19.0. The molecule has 2 aliphatic heterocycles. The number of sulfonamides is 1. The van der Waals surface area contributed by atoms with E-state index in [9.17, 15) is 13.2 Å². The highest BCUT2D eigenvalue weighted by Crippen LogP contribution is 2.51. The van der Waals surface area contributed by atoms with Crippen LogP contribution in [0.15, 0.2) is 66.0 Å². The van der Waals surface area contributed by atoms with Crippen molar-refractivity contribution in [2.75, 3.05) is 27.2 Å². The van der Waals surface area contributed by atoms with Gasteiger partial charge >= 0.3 is 0 Å². The van der Waals surface area contributed by atoms with Crippen molar-refractivity contribution in [1.29, 1.82) is 0 Å². The predicted molar refractivity (Wildman–Crippen MR) is 148 cm³/mol. The van der Waals surface area contributed by atoms with Gasteiger partial charge in [0.25, 0.3) is 0 Å². The molecule has 40 heavy (non-hydrogen) atoms. The number of rotatable bonds is 7. The fourth-order valence-corrected chi connectivity index (χ4v) is 7.86. The Labute approximate surface area is 232 Å². The lowest BCUT2D eigenvalue weighted by Crippen LogP contribution is -2.66. The lowest BCUT2D eigenvalue weighted by molar-refractivity contribution is 0.0988. The largest absolute Gasteiger partial charge is 0.495 e. The Morgan fingerprint density at radius 1 is 1.18 bits per heavy atom.